The summed E-state index contributed by atoms with van der Waals surface area (Å²) >= 11 is 0. The zero-order chi connectivity index (χ0) is 26.0. The lowest BCUT2D eigenvalue weighted by Gasteiger charge is -2.27. The molecule has 0 radical (unpaired) electrons. The van der Waals surface area contributed by atoms with Gasteiger partial charge in [0, 0.05) is 7.05 Å². The molecule has 2 aromatic carbocycles. The lowest BCUT2D eigenvalue weighted by atomic mass is 10.0. The number of anilines is 1. The predicted molar refractivity (Wildman–Crippen MR) is 137 cm³/mol. The molecular formula is C26H32N4O5S. The molecule has 0 saturated heterocycles. The van der Waals surface area contributed by atoms with E-state index in [2.05, 4.69) is 24.3 Å². The van der Waals surface area contributed by atoms with E-state index in [0.29, 0.717) is 28.6 Å². The van der Waals surface area contributed by atoms with Crippen LogP contribution >= 0.6 is 0 Å². The van der Waals surface area contributed by atoms with E-state index in [9.17, 15) is 13.2 Å². The van der Waals surface area contributed by atoms with Gasteiger partial charge in [-0.2, -0.15) is 5.10 Å². The molecule has 1 aromatic heterocycles. The smallest absolute Gasteiger partial charge is 0.268 e. The topological polar surface area (TPSA) is 103 Å². The maximum Gasteiger partial charge on any atom is 0.268 e. The first-order valence-electron chi connectivity index (χ1n) is 11.9. The first kappa shape index (κ1) is 25.6. The molecule has 4 rings (SSSR count). The number of hydrogen-bond acceptors (Lipinski definition) is 6. The number of fused-ring (bicyclic) bond motifs is 1. The Morgan fingerprint density at radius 2 is 1.81 bits per heavy atom. The highest BCUT2D eigenvalue weighted by atomic mass is 32.2. The van der Waals surface area contributed by atoms with Crippen LogP contribution in [0.3, 0.4) is 0 Å². The Labute approximate surface area is 212 Å². The molecule has 0 aliphatic carbocycles. The van der Waals surface area contributed by atoms with Crippen molar-refractivity contribution in [2.45, 2.75) is 44.6 Å². The molecule has 1 atom stereocenters. The Morgan fingerprint density at radius 3 is 2.42 bits per heavy atom. The van der Waals surface area contributed by atoms with E-state index < -0.39 is 15.9 Å². The summed E-state index contributed by atoms with van der Waals surface area (Å²) in [7, 11) is -2.38. The van der Waals surface area contributed by atoms with Crippen molar-refractivity contribution in [2.24, 2.45) is 7.05 Å². The van der Waals surface area contributed by atoms with Crippen LogP contribution in [0, 0.1) is 13.8 Å². The summed E-state index contributed by atoms with van der Waals surface area (Å²) in [5, 5.41) is 7.07. The molecule has 36 heavy (non-hydrogen) atoms. The van der Waals surface area contributed by atoms with Crippen LogP contribution in [0.4, 0.5) is 5.69 Å². The van der Waals surface area contributed by atoms with E-state index in [1.165, 1.54) is 4.68 Å². The van der Waals surface area contributed by atoms with Gasteiger partial charge in [-0.25, -0.2) is 8.42 Å². The van der Waals surface area contributed by atoms with Crippen molar-refractivity contribution >= 4 is 21.6 Å². The third-order valence-electron chi connectivity index (χ3n) is 6.22. The van der Waals surface area contributed by atoms with Crippen LogP contribution in [-0.4, -0.2) is 49.9 Å². The molecule has 0 saturated carbocycles. The van der Waals surface area contributed by atoms with Crippen LogP contribution in [0.5, 0.6) is 11.5 Å². The summed E-state index contributed by atoms with van der Waals surface area (Å²) < 4.78 is 41.9. The first-order valence-corrected chi connectivity index (χ1v) is 13.3. The lowest BCUT2D eigenvalue weighted by Crippen LogP contribution is -2.45. The molecule has 0 fully saturated rings. The van der Waals surface area contributed by atoms with Gasteiger partial charge in [0.1, 0.15) is 24.2 Å². The summed E-state index contributed by atoms with van der Waals surface area (Å²) in [6.45, 7) is 7.55. The summed E-state index contributed by atoms with van der Waals surface area (Å²) in [5.41, 5.74) is 2.36. The number of aromatic nitrogens is 2. The number of para-hydroxylation sites is 2. The number of hydrogen-bond donors (Lipinski definition) is 1. The van der Waals surface area contributed by atoms with Crippen molar-refractivity contribution in [1.29, 1.82) is 0 Å². The van der Waals surface area contributed by atoms with Crippen molar-refractivity contribution < 1.29 is 22.7 Å². The maximum absolute atomic E-state index is 13.8. The van der Waals surface area contributed by atoms with E-state index in [1.54, 1.807) is 39.1 Å². The average Bonchev–Trinajstić information content (AvgIpc) is 3.12. The van der Waals surface area contributed by atoms with Crippen molar-refractivity contribution in [3.8, 4) is 11.5 Å². The van der Waals surface area contributed by atoms with Gasteiger partial charge in [-0.1, -0.05) is 38.1 Å². The average molecular weight is 513 g/mol. The fraction of sp³-hybridized carbons (Fsp3) is 0.385. The zero-order valence-electron chi connectivity index (χ0n) is 21.2. The highest BCUT2D eigenvalue weighted by molar-refractivity contribution is 7.93. The molecule has 0 unspecified atom stereocenters. The number of sulfonamides is 1. The SMILES string of the molecule is Cc1nn(C)c(C)c1S(=O)(=O)N(CC(=O)NC[C@H]1COc2ccccc2O1)c1ccc(C(C)C)cc1. The Morgan fingerprint density at radius 1 is 1.14 bits per heavy atom. The van der Waals surface area contributed by atoms with Crippen LogP contribution in [-0.2, 0) is 21.9 Å². The quantitative estimate of drug-likeness (QED) is 0.497. The number of benzene rings is 2. The standard InChI is InChI=1S/C26H32N4O5S/c1-17(2)20-10-12-21(13-11-20)30(36(32,33)26-18(3)28-29(5)19(26)4)15-25(31)27-14-22-16-34-23-8-6-7-9-24(23)35-22/h6-13,17,22H,14-16H2,1-5H3,(H,27,31)/t22-/m0/s1. The van der Waals surface area contributed by atoms with Crippen molar-refractivity contribution in [3.63, 3.8) is 0 Å². The van der Waals surface area contributed by atoms with Crippen LogP contribution < -0.4 is 19.1 Å². The molecule has 2 heterocycles. The fourth-order valence-electron chi connectivity index (χ4n) is 4.16. The van der Waals surface area contributed by atoms with Crippen LogP contribution in [0.1, 0.15) is 36.7 Å². The van der Waals surface area contributed by atoms with Crippen molar-refractivity contribution in [2.75, 3.05) is 24.0 Å². The minimum Gasteiger partial charge on any atom is -0.486 e. The molecule has 10 heteroatoms. The van der Waals surface area contributed by atoms with Gasteiger partial charge in [0.15, 0.2) is 11.5 Å². The molecule has 1 aliphatic heterocycles. The van der Waals surface area contributed by atoms with Gasteiger partial charge < -0.3 is 14.8 Å². The highest BCUT2D eigenvalue weighted by Gasteiger charge is 2.33. The predicted octanol–water partition coefficient (Wildman–Crippen LogP) is 3.31. The summed E-state index contributed by atoms with van der Waals surface area (Å²) in [5.74, 6) is 1.11. The molecule has 1 amide bonds. The summed E-state index contributed by atoms with van der Waals surface area (Å²) in [6.07, 6.45) is -0.387. The fourth-order valence-corrected chi connectivity index (χ4v) is 5.98. The number of carbonyl (C=O) groups excluding carboxylic acids is 1. The third kappa shape index (κ3) is 5.18. The van der Waals surface area contributed by atoms with Gasteiger partial charge in [-0.3, -0.25) is 13.8 Å². The van der Waals surface area contributed by atoms with Crippen molar-refractivity contribution in [1.82, 2.24) is 15.1 Å². The van der Waals surface area contributed by atoms with Crippen LogP contribution in [0.15, 0.2) is 53.4 Å². The van der Waals surface area contributed by atoms with Gasteiger partial charge in [-0.15, -0.1) is 0 Å². The minimum atomic E-state index is -4.07. The molecule has 192 valence electrons. The molecular weight excluding hydrogens is 480 g/mol. The lowest BCUT2D eigenvalue weighted by molar-refractivity contribution is -0.120. The largest absolute Gasteiger partial charge is 0.486 e. The third-order valence-corrected chi connectivity index (χ3v) is 8.25. The van der Waals surface area contributed by atoms with E-state index in [1.807, 2.05) is 30.3 Å². The number of carbonyl (C=O) groups is 1. The minimum absolute atomic E-state index is 0.103. The van der Waals surface area contributed by atoms with Gasteiger partial charge in [0.05, 0.1) is 23.6 Å². The second kappa shape index (κ2) is 10.2. The maximum atomic E-state index is 13.8. The molecule has 3 aromatic rings. The number of amides is 1. The number of rotatable bonds is 8. The molecule has 0 spiro atoms. The monoisotopic (exact) mass is 512 g/mol. The van der Waals surface area contributed by atoms with Gasteiger partial charge in [0.25, 0.3) is 10.0 Å². The Balaban J connectivity index is 1.55. The van der Waals surface area contributed by atoms with E-state index in [0.717, 1.165) is 9.87 Å². The Hall–Kier alpha value is -3.53. The van der Waals surface area contributed by atoms with Gasteiger partial charge in [0.2, 0.25) is 5.91 Å². The molecule has 0 bridgehead atoms. The number of aryl methyl sites for hydroxylation is 2. The first-order chi connectivity index (χ1) is 17.1. The summed E-state index contributed by atoms with van der Waals surface area (Å²) in [6, 6.07) is 14.6. The van der Waals surface area contributed by atoms with E-state index >= 15 is 0 Å². The number of ether oxygens (including phenoxy) is 2. The second-order valence-electron chi connectivity index (χ2n) is 9.18. The molecule has 1 aliphatic rings. The molecule has 9 nitrogen and oxygen atoms in total. The number of nitrogens with zero attached hydrogens (tertiary/aromatic N) is 3. The Bertz CT molecular complexity index is 1350. The molecule has 1 N–H and O–H groups in total. The summed E-state index contributed by atoms with van der Waals surface area (Å²) in [4.78, 5) is 13.1. The van der Waals surface area contributed by atoms with Gasteiger partial charge >= 0.3 is 0 Å². The zero-order valence-corrected chi connectivity index (χ0v) is 22.0. The highest BCUT2D eigenvalue weighted by Crippen LogP contribution is 2.31. The Kier molecular flexibility index (Phi) is 7.26. The normalized spacial score (nSPS) is 15.1. The number of nitrogens with one attached hydrogen (secondary N) is 1. The van der Waals surface area contributed by atoms with Gasteiger partial charge in [-0.05, 0) is 49.6 Å². The van der Waals surface area contributed by atoms with E-state index in [-0.39, 0.29) is 36.6 Å². The second-order valence-corrected chi connectivity index (χ2v) is 11.0. The van der Waals surface area contributed by atoms with E-state index in [4.69, 9.17) is 9.47 Å². The van der Waals surface area contributed by atoms with Crippen LogP contribution in [0.2, 0.25) is 0 Å². The van der Waals surface area contributed by atoms with Crippen molar-refractivity contribution in [3.05, 3.63) is 65.5 Å². The van der Waals surface area contributed by atoms with Crippen LogP contribution in [0.25, 0.3) is 0 Å².